The highest BCUT2D eigenvalue weighted by Gasteiger charge is 1.93. The van der Waals surface area contributed by atoms with E-state index in [-0.39, 0.29) is 0 Å². The van der Waals surface area contributed by atoms with Gasteiger partial charge in [0.05, 0.1) is 0 Å². The third-order valence-electron chi connectivity index (χ3n) is 0.934. The Bertz CT molecular complexity index is 37.1. The summed E-state index contributed by atoms with van der Waals surface area (Å²) >= 11 is 5.97. The smallest absolute Gasteiger partial charge is 0.0364 e. The van der Waals surface area contributed by atoms with E-state index in [1.54, 1.807) is 0 Å². The number of hydrogen-bond donors (Lipinski definition) is 1. The van der Waals surface area contributed by atoms with E-state index in [1.165, 1.54) is 6.42 Å². The van der Waals surface area contributed by atoms with Crippen molar-refractivity contribution in [1.82, 2.24) is 0 Å². The van der Waals surface area contributed by atoms with Crippen LogP contribution in [0.1, 0.15) is 20.3 Å². The Hall–Kier alpha value is 0.700. The Kier molecular flexibility index (Phi) is 5.33. The molecule has 1 atom stereocenters. The number of thioether (sulfide) groups is 1. The van der Waals surface area contributed by atoms with Crippen molar-refractivity contribution in [3.05, 3.63) is 0 Å². The van der Waals surface area contributed by atoms with E-state index in [0.29, 0.717) is 0 Å². The Labute approximate surface area is 55.5 Å². The zero-order valence-corrected chi connectivity index (χ0v) is 6.56. The van der Waals surface area contributed by atoms with E-state index in [1.807, 2.05) is 11.8 Å². The van der Waals surface area contributed by atoms with Crippen LogP contribution in [0.2, 0.25) is 0 Å². The molecule has 0 aromatic carbocycles. The Balaban J connectivity index is 2.83. The van der Waals surface area contributed by atoms with E-state index in [0.717, 1.165) is 10.3 Å². The number of hydrogen-bond acceptors (Lipinski definition) is 2. The van der Waals surface area contributed by atoms with Gasteiger partial charge in [0.25, 0.3) is 0 Å². The lowest BCUT2D eigenvalue weighted by Gasteiger charge is -2.02. The van der Waals surface area contributed by atoms with E-state index in [2.05, 4.69) is 26.5 Å². The maximum absolute atomic E-state index is 4.08. The van der Waals surface area contributed by atoms with Crippen LogP contribution in [0.3, 0.4) is 0 Å². The molecular weight excluding hydrogens is 124 g/mol. The maximum atomic E-state index is 4.08. The first kappa shape index (κ1) is 7.70. The summed E-state index contributed by atoms with van der Waals surface area (Å²) < 4.78 is 0. The second kappa shape index (κ2) is 4.85. The average molecular weight is 136 g/mol. The lowest BCUT2D eigenvalue weighted by atomic mass is 10.4. The molecule has 0 amide bonds. The molecule has 0 N–H and O–H groups in total. The van der Waals surface area contributed by atoms with Crippen LogP contribution < -0.4 is 0 Å². The van der Waals surface area contributed by atoms with Crippen molar-refractivity contribution in [3.63, 3.8) is 0 Å². The molecule has 0 radical (unpaired) electrons. The highest BCUT2D eigenvalue weighted by Crippen LogP contribution is 2.13. The quantitative estimate of drug-likeness (QED) is 0.459. The highest BCUT2D eigenvalue weighted by molar-refractivity contribution is 8.09. The molecule has 7 heavy (non-hydrogen) atoms. The fraction of sp³-hybridized carbons (Fsp3) is 1.00. The summed E-state index contributed by atoms with van der Waals surface area (Å²) in [5.74, 6) is 0. The third kappa shape index (κ3) is 4.56. The molecule has 0 heterocycles. The van der Waals surface area contributed by atoms with Crippen LogP contribution in [0, 0.1) is 0 Å². The van der Waals surface area contributed by atoms with E-state index < -0.39 is 0 Å². The Morgan fingerprint density at radius 2 is 2.29 bits per heavy atom. The van der Waals surface area contributed by atoms with E-state index in [9.17, 15) is 0 Å². The maximum Gasteiger partial charge on any atom is 0.0364 e. The van der Waals surface area contributed by atoms with Crippen LogP contribution in [-0.4, -0.2) is 10.3 Å². The normalized spacial score (nSPS) is 14.1. The molecule has 0 aromatic heterocycles. The van der Waals surface area contributed by atoms with Gasteiger partial charge in [-0.3, -0.25) is 0 Å². The largest absolute Gasteiger partial charge is 0.168 e. The number of thiol groups is 1. The van der Waals surface area contributed by atoms with Crippen LogP contribution in [0.25, 0.3) is 0 Å². The van der Waals surface area contributed by atoms with E-state index >= 15 is 0 Å². The highest BCUT2D eigenvalue weighted by atomic mass is 32.2. The van der Waals surface area contributed by atoms with Gasteiger partial charge in [-0.1, -0.05) is 13.8 Å². The molecule has 0 aliphatic carbocycles. The molecule has 44 valence electrons. The van der Waals surface area contributed by atoms with Gasteiger partial charge in [0.2, 0.25) is 0 Å². The van der Waals surface area contributed by atoms with Gasteiger partial charge in [0.15, 0.2) is 0 Å². The van der Waals surface area contributed by atoms with Crippen molar-refractivity contribution in [2.75, 3.05) is 5.08 Å². The lowest BCUT2D eigenvalue weighted by Crippen LogP contribution is -1.90. The fourth-order valence-electron chi connectivity index (χ4n) is 0.245. The van der Waals surface area contributed by atoms with Crippen LogP contribution >= 0.6 is 24.4 Å². The molecular formula is C5H12S2. The van der Waals surface area contributed by atoms with Crippen LogP contribution in [-0.2, 0) is 0 Å². The summed E-state index contributed by atoms with van der Waals surface area (Å²) in [4.78, 5) is 0. The second-order valence-electron chi connectivity index (χ2n) is 1.51. The monoisotopic (exact) mass is 136 g/mol. The zero-order valence-electron chi connectivity index (χ0n) is 4.85. The predicted octanol–water partition coefficient (Wildman–Crippen LogP) is 2.41. The van der Waals surface area contributed by atoms with Crippen LogP contribution in [0.4, 0.5) is 0 Å². The summed E-state index contributed by atoms with van der Waals surface area (Å²) in [6.07, 6.45) is 1.26. The molecule has 2 heteroatoms. The summed E-state index contributed by atoms with van der Waals surface area (Å²) in [6, 6.07) is 0. The third-order valence-corrected chi connectivity index (χ3v) is 2.43. The molecule has 0 rings (SSSR count). The minimum Gasteiger partial charge on any atom is -0.168 e. The van der Waals surface area contributed by atoms with Crippen molar-refractivity contribution in [2.24, 2.45) is 0 Å². The fourth-order valence-corrected chi connectivity index (χ4v) is 1.50. The summed E-state index contributed by atoms with van der Waals surface area (Å²) in [6.45, 7) is 4.42. The van der Waals surface area contributed by atoms with Crippen molar-refractivity contribution in [2.45, 2.75) is 25.5 Å². The van der Waals surface area contributed by atoms with Gasteiger partial charge in [-0.15, -0.1) is 11.8 Å². The molecule has 1 unspecified atom stereocenters. The summed E-state index contributed by atoms with van der Waals surface area (Å²) in [5.41, 5.74) is 0. The molecule has 0 nitrogen and oxygen atoms in total. The van der Waals surface area contributed by atoms with Gasteiger partial charge in [-0.2, -0.15) is 12.6 Å². The minimum atomic E-state index is 0.789. The van der Waals surface area contributed by atoms with Gasteiger partial charge in [0, 0.05) is 10.3 Å². The SMILES string of the molecule is CCC(C)SCS. The molecule has 0 fully saturated rings. The van der Waals surface area contributed by atoms with Crippen LogP contribution in [0.5, 0.6) is 0 Å². The zero-order chi connectivity index (χ0) is 5.70. The van der Waals surface area contributed by atoms with Crippen molar-refractivity contribution < 1.29 is 0 Å². The molecule has 0 aliphatic heterocycles. The van der Waals surface area contributed by atoms with E-state index in [4.69, 9.17) is 0 Å². The molecule has 0 saturated carbocycles. The van der Waals surface area contributed by atoms with Gasteiger partial charge in [0.1, 0.15) is 0 Å². The first-order chi connectivity index (χ1) is 3.31. The van der Waals surface area contributed by atoms with Gasteiger partial charge in [-0.25, -0.2) is 0 Å². The molecule has 0 aliphatic rings. The van der Waals surface area contributed by atoms with Gasteiger partial charge >= 0.3 is 0 Å². The van der Waals surface area contributed by atoms with Crippen molar-refractivity contribution in [3.8, 4) is 0 Å². The van der Waals surface area contributed by atoms with Crippen molar-refractivity contribution in [1.29, 1.82) is 0 Å². The standard InChI is InChI=1S/C5H12S2/c1-3-5(2)7-4-6/h5-6H,3-4H2,1-2H3. The molecule has 0 aromatic rings. The van der Waals surface area contributed by atoms with Crippen molar-refractivity contribution >= 4 is 24.4 Å². The summed E-state index contributed by atoms with van der Waals surface area (Å²) in [5, 5.41) is 1.74. The van der Waals surface area contributed by atoms with Crippen LogP contribution in [0.15, 0.2) is 0 Å². The first-order valence-corrected chi connectivity index (χ1v) is 4.21. The first-order valence-electron chi connectivity index (χ1n) is 2.53. The number of rotatable bonds is 3. The molecule has 0 bridgehead atoms. The topological polar surface area (TPSA) is 0 Å². The lowest BCUT2D eigenvalue weighted by molar-refractivity contribution is 0.908. The van der Waals surface area contributed by atoms with Gasteiger partial charge in [-0.05, 0) is 6.42 Å². The Morgan fingerprint density at radius 3 is 2.43 bits per heavy atom. The van der Waals surface area contributed by atoms with Gasteiger partial charge < -0.3 is 0 Å². The Morgan fingerprint density at radius 1 is 1.71 bits per heavy atom. The predicted molar refractivity (Wildman–Crippen MR) is 41.2 cm³/mol. The second-order valence-corrected chi connectivity index (χ2v) is 3.69. The average Bonchev–Trinajstić information content (AvgIpc) is 1.68. The molecule has 0 saturated heterocycles. The minimum absolute atomic E-state index is 0.789. The molecule has 0 spiro atoms. The summed E-state index contributed by atoms with van der Waals surface area (Å²) in [7, 11) is 0.